The molecule has 19 heavy (non-hydrogen) atoms. The fraction of sp³-hybridized carbons (Fsp3) is 0.154. The van der Waals surface area contributed by atoms with Crippen LogP contribution in [0.4, 0.5) is 0 Å². The molecule has 1 heterocycles. The zero-order valence-corrected chi connectivity index (χ0v) is 10.6. The fourth-order valence-electron chi connectivity index (χ4n) is 1.96. The second-order valence-electron chi connectivity index (χ2n) is 3.97. The highest BCUT2D eigenvalue weighted by Gasteiger charge is 2.18. The summed E-state index contributed by atoms with van der Waals surface area (Å²) in [5, 5.41) is 12.7. The topological polar surface area (TPSA) is 79.3 Å². The van der Waals surface area contributed by atoms with Gasteiger partial charge in [0.2, 0.25) is 6.41 Å². The number of hydrogen-bond donors (Lipinski definition) is 2. The molecular weight excluding hydrogens is 268 g/mol. The zero-order valence-electron chi connectivity index (χ0n) is 9.84. The van der Waals surface area contributed by atoms with E-state index in [1.165, 1.54) is 0 Å². The highest BCUT2D eigenvalue weighted by atomic mass is 35.5. The van der Waals surface area contributed by atoms with Gasteiger partial charge in [0, 0.05) is 22.2 Å². The van der Waals surface area contributed by atoms with Crippen molar-refractivity contribution < 1.29 is 14.7 Å². The lowest BCUT2D eigenvalue weighted by Gasteiger charge is -2.16. The Labute approximate surface area is 114 Å². The van der Waals surface area contributed by atoms with Crippen LogP contribution in [0.25, 0.3) is 10.9 Å². The van der Waals surface area contributed by atoms with E-state index < -0.39 is 12.0 Å². The molecule has 0 saturated carbocycles. The van der Waals surface area contributed by atoms with Crippen molar-refractivity contribution in [3.05, 3.63) is 41.0 Å². The van der Waals surface area contributed by atoms with E-state index in [4.69, 9.17) is 16.7 Å². The molecule has 0 radical (unpaired) electrons. The summed E-state index contributed by atoms with van der Waals surface area (Å²) in [6, 6.07) is 6.26. The smallest absolute Gasteiger partial charge is 0.305 e. The van der Waals surface area contributed by atoms with Gasteiger partial charge in [-0.2, -0.15) is 0 Å². The maximum absolute atomic E-state index is 10.9. The molecule has 0 aliphatic rings. The third-order valence-corrected chi connectivity index (χ3v) is 3.10. The Kier molecular flexibility index (Phi) is 3.97. The van der Waals surface area contributed by atoms with Crippen molar-refractivity contribution >= 4 is 34.9 Å². The Morgan fingerprint density at radius 3 is 2.95 bits per heavy atom. The number of fused-ring (bicyclic) bond motifs is 1. The first-order valence-corrected chi connectivity index (χ1v) is 5.96. The van der Waals surface area contributed by atoms with E-state index in [9.17, 15) is 9.59 Å². The predicted molar refractivity (Wildman–Crippen MR) is 70.9 cm³/mol. The van der Waals surface area contributed by atoms with Crippen LogP contribution in [0.15, 0.2) is 30.5 Å². The molecule has 0 fully saturated rings. The average molecular weight is 279 g/mol. The average Bonchev–Trinajstić information content (AvgIpc) is 2.39. The summed E-state index contributed by atoms with van der Waals surface area (Å²) in [4.78, 5) is 25.7. The Bertz CT molecular complexity index is 630. The number of aromatic nitrogens is 1. The zero-order chi connectivity index (χ0) is 13.8. The van der Waals surface area contributed by atoms with Gasteiger partial charge in [-0.3, -0.25) is 14.6 Å². The fourth-order valence-corrected chi connectivity index (χ4v) is 2.17. The van der Waals surface area contributed by atoms with E-state index >= 15 is 0 Å². The van der Waals surface area contributed by atoms with Crippen LogP contribution in [-0.4, -0.2) is 22.5 Å². The van der Waals surface area contributed by atoms with Crippen LogP contribution >= 0.6 is 11.6 Å². The predicted octanol–water partition coefficient (Wildman–Crippen LogP) is 2.15. The van der Waals surface area contributed by atoms with E-state index in [0.29, 0.717) is 22.5 Å². The minimum absolute atomic E-state index is 0.216. The number of amides is 1. The molecule has 0 saturated heterocycles. The maximum atomic E-state index is 10.9. The largest absolute Gasteiger partial charge is 0.481 e. The van der Waals surface area contributed by atoms with Gasteiger partial charge in [0.1, 0.15) is 0 Å². The van der Waals surface area contributed by atoms with Crippen molar-refractivity contribution in [2.75, 3.05) is 0 Å². The third kappa shape index (κ3) is 2.82. The molecule has 6 heteroatoms. The molecule has 0 bridgehead atoms. The summed E-state index contributed by atoms with van der Waals surface area (Å²) in [7, 11) is 0. The van der Waals surface area contributed by atoms with E-state index in [1.54, 1.807) is 30.5 Å². The summed E-state index contributed by atoms with van der Waals surface area (Å²) in [5.74, 6) is -1.00. The summed E-state index contributed by atoms with van der Waals surface area (Å²) in [6.07, 6.45) is 1.87. The van der Waals surface area contributed by atoms with Crippen molar-refractivity contribution in [1.82, 2.24) is 10.3 Å². The lowest BCUT2D eigenvalue weighted by Crippen LogP contribution is -2.22. The number of pyridine rings is 1. The number of halogens is 1. The second kappa shape index (κ2) is 5.67. The molecule has 1 amide bonds. The molecule has 2 rings (SSSR count). The number of carbonyl (C=O) groups is 2. The van der Waals surface area contributed by atoms with Crippen LogP contribution in [0.1, 0.15) is 18.0 Å². The minimum atomic E-state index is -1.00. The Hall–Kier alpha value is -2.14. The van der Waals surface area contributed by atoms with E-state index in [2.05, 4.69) is 10.3 Å². The van der Waals surface area contributed by atoms with Gasteiger partial charge in [0.05, 0.1) is 18.0 Å². The second-order valence-corrected chi connectivity index (χ2v) is 4.38. The van der Waals surface area contributed by atoms with Gasteiger partial charge in [-0.25, -0.2) is 0 Å². The molecular formula is C13H11ClN2O3. The monoisotopic (exact) mass is 278 g/mol. The first-order chi connectivity index (χ1) is 9.13. The summed E-state index contributed by atoms with van der Waals surface area (Å²) < 4.78 is 0. The molecule has 98 valence electrons. The molecule has 1 atom stereocenters. The van der Waals surface area contributed by atoms with Gasteiger partial charge < -0.3 is 10.4 Å². The normalized spacial score (nSPS) is 12.1. The SMILES string of the molecule is O=CN[C@@H](CC(=O)O)c1ccc(Cl)c2cccnc12. The van der Waals surface area contributed by atoms with Gasteiger partial charge in [0.15, 0.2) is 0 Å². The van der Waals surface area contributed by atoms with E-state index in [-0.39, 0.29) is 6.42 Å². The standard InChI is InChI=1S/C13H11ClN2O3/c14-10-4-3-9(11(16-7-17)6-12(18)19)13-8(10)2-1-5-15-13/h1-5,7,11H,6H2,(H,16,17)(H,18,19)/t11-/m0/s1. The molecule has 1 aromatic carbocycles. The van der Waals surface area contributed by atoms with E-state index in [0.717, 1.165) is 5.39 Å². The number of aliphatic carboxylic acids is 1. The van der Waals surface area contributed by atoms with Crippen molar-refractivity contribution in [3.8, 4) is 0 Å². The highest BCUT2D eigenvalue weighted by molar-refractivity contribution is 6.35. The molecule has 1 aromatic heterocycles. The molecule has 0 unspecified atom stereocenters. The van der Waals surface area contributed by atoms with Crippen LogP contribution in [0.5, 0.6) is 0 Å². The molecule has 2 N–H and O–H groups in total. The summed E-state index contributed by atoms with van der Waals surface area (Å²) in [6.45, 7) is 0. The number of nitrogens with one attached hydrogen (secondary N) is 1. The van der Waals surface area contributed by atoms with Crippen LogP contribution in [0, 0.1) is 0 Å². The number of carboxylic acids is 1. The highest BCUT2D eigenvalue weighted by Crippen LogP contribution is 2.29. The van der Waals surface area contributed by atoms with Gasteiger partial charge in [-0.1, -0.05) is 17.7 Å². The molecule has 0 aliphatic heterocycles. The Balaban J connectivity index is 2.56. The number of rotatable bonds is 5. The number of hydrogen-bond acceptors (Lipinski definition) is 3. The molecule has 0 aliphatic carbocycles. The number of carboxylic acid groups (broad SMARTS) is 1. The van der Waals surface area contributed by atoms with Crippen LogP contribution in [-0.2, 0) is 9.59 Å². The first-order valence-electron chi connectivity index (χ1n) is 5.58. The Morgan fingerprint density at radius 2 is 2.26 bits per heavy atom. The number of carbonyl (C=O) groups excluding carboxylic acids is 1. The molecule has 2 aromatic rings. The van der Waals surface area contributed by atoms with E-state index in [1.807, 2.05) is 0 Å². The summed E-state index contributed by atoms with van der Waals surface area (Å²) >= 11 is 6.07. The van der Waals surface area contributed by atoms with Gasteiger partial charge >= 0.3 is 5.97 Å². The van der Waals surface area contributed by atoms with Crippen LogP contribution in [0.2, 0.25) is 5.02 Å². The lowest BCUT2D eigenvalue weighted by molar-refractivity contribution is -0.137. The van der Waals surface area contributed by atoms with Gasteiger partial charge in [0.25, 0.3) is 0 Å². The van der Waals surface area contributed by atoms with Crippen molar-refractivity contribution in [2.45, 2.75) is 12.5 Å². The van der Waals surface area contributed by atoms with Gasteiger partial charge in [-0.15, -0.1) is 0 Å². The molecule has 5 nitrogen and oxygen atoms in total. The third-order valence-electron chi connectivity index (χ3n) is 2.77. The van der Waals surface area contributed by atoms with Crippen LogP contribution < -0.4 is 5.32 Å². The van der Waals surface area contributed by atoms with Crippen molar-refractivity contribution in [1.29, 1.82) is 0 Å². The number of benzene rings is 1. The van der Waals surface area contributed by atoms with Gasteiger partial charge in [-0.05, 0) is 18.2 Å². The first kappa shape index (κ1) is 13.3. The van der Waals surface area contributed by atoms with Crippen LogP contribution in [0.3, 0.4) is 0 Å². The minimum Gasteiger partial charge on any atom is -0.481 e. The lowest BCUT2D eigenvalue weighted by atomic mass is 10.0. The molecule has 0 spiro atoms. The summed E-state index contributed by atoms with van der Waals surface area (Å²) in [5.41, 5.74) is 1.23. The van der Waals surface area contributed by atoms with Crippen molar-refractivity contribution in [2.24, 2.45) is 0 Å². The van der Waals surface area contributed by atoms with Crippen molar-refractivity contribution in [3.63, 3.8) is 0 Å². The quantitative estimate of drug-likeness (QED) is 0.821. The Morgan fingerprint density at radius 1 is 1.47 bits per heavy atom. The number of nitrogens with zero attached hydrogens (tertiary/aromatic N) is 1. The maximum Gasteiger partial charge on any atom is 0.305 e.